The number of carboxylic acids is 1. The molecule has 1 aromatic heterocycles. The van der Waals surface area contributed by atoms with Crippen LogP contribution in [-0.4, -0.2) is 26.4 Å². The molecule has 0 aliphatic carbocycles. The number of hydrogen-bond acceptors (Lipinski definition) is 3. The lowest BCUT2D eigenvalue weighted by Crippen LogP contribution is -2.18. The number of aryl methyl sites for hydroxylation is 1. The second-order valence-corrected chi connectivity index (χ2v) is 10.1. The highest BCUT2D eigenvalue weighted by Crippen LogP contribution is 2.35. The number of aliphatic carboxylic acids is 1. The Morgan fingerprint density at radius 1 is 0.914 bits per heavy atom. The topological polar surface area (TPSA) is 79.5 Å². The fourth-order valence-electron chi connectivity index (χ4n) is 3.74. The lowest BCUT2D eigenvalue weighted by Gasteiger charge is -2.19. The highest BCUT2D eigenvalue weighted by Gasteiger charge is 2.18. The van der Waals surface area contributed by atoms with Crippen molar-refractivity contribution in [3.05, 3.63) is 98.3 Å². The number of benzene rings is 3. The van der Waals surface area contributed by atoms with Crippen molar-refractivity contribution in [2.75, 3.05) is 0 Å². The third-order valence-corrected chi connectivity index (χ3v) is 5.58. The van der Waals surface area contributed by atoms with E-state index in [1.807, 2.05) is 25.1 Å². The van der Waals surface area contributed by atoms with Crippen LogP contribution >= 0.6 is 23.2 Å². The van der Waals surface area contributed by atoms with Gasteiger partial charge in [0, 0.05) is 27.2 Å². The zero-order valence-corrected chi connectivity index (χ0v) is 21.5. The summed E-state index contributed by atoms with van der Waals surface area (Å²) in [6, 6.07) is 19.4. The number of aliphatic hydroxyl groups is 1. The number of aromatic nitrogens is 1. The molecule has 3 aromatic carbocycles. The number of hydrogen-bond donors (Lipinski definition) is 2. The van der Waals surface area contributed by atoms with Gasteiger partial charge in [-0.25, -0.2) is 0 Å². The molecule has 0 radical (unpaired) electrons. The summed E-state index contributed by atoms with van der Waals surface area (Å²) in [5.41, 5.74) is 3.82. The maximum absolute atomic E-state index is 12.8. The first-order valence-corrected chi connectivity index (χ1v) is 11.7. The minimum atomic E-state index is -0.918. The zero-order chi connectivity index (χ0) is 25.9. The molecule has 0 amide bonds. The molecule has 35 heavy (non-hydrogen) atoms. The van der Waals surface area contributed by atoms with Crippen LogP contribution in [-0.2, 0) is 11.2 Å². The van der Waals surface area contributed by atoms with E-state index in [1.54, 1.807) is 67.8 Å². The number of rotatable bonds is 4. The van der Waals surface area contributed by atoms with Crippen molar-refractivity contribution in [2.45, 2.75) is 39.7 Å². The van der Waals surface area contributed by atoms with E-state index in [9.17, 15) is 14.7 Å². The molecule has 4 aromatic rings. The van der Waals surface area contributed by atoms with Gasteiger partial charge in [0.15, 0.2) is 0 Å². The van der Waals surface area contributed by atoms with Gasteiger partial charge in [-0.1, -0.05) is 35.3 Å². The van der Waals surface area contributed by atoms with Crippen LogP contribution in [0.25, 0.3) is 27.7 Å². The summed E-state index contributed by atoms with van der Waals surface area (Å²) in [5, 5.41) is 20.0. The summed E-state index contributed by atoms with van der Waals surface area (Å²) in [4.78, 5) is 24.4. The van der Waals surface area contributed by atoms with Gasteiger partial charge in [-0.05, 0) is 98.5 Å². The molecule has 4 rings (SSSR count). The van der Waals surface area contributed by atoms with Crippen LogP contribution in [0.4, 0.5) is 0 Å². The maximum atomic E-state index is 12.8. The Kier molecular flexibility index (Phi) is 8.06. The van der Waals surface area contributed by atoms with Crippen LogP contribution in [0.3, 0.4) is 0 Å². The second kappa shape index (κ2) is 10.6. The monoisotopic (exact) mass is 511 g/mol. The molecule has 0 atom stereocenters. The zero-order valence-electron chi connectivity index (χ0n) is 20.0. The van der Waals surface area contributed by atoms with Crippen LogP contribution in [0.15, 0.2) is 71.5 Å². The molecule has 7 heteroatoms. The van der Waals surface area contributed by atoms with E-state index in [1.165, 1.54) is 6.07 Å². The lowest BCUT2D eigenvalue weighted by atomic mass is 9.90. The van der Waals surface area contributed by atoms with Crippen molar-refractivity contribution in [1.29, 1.82) is 0 Å². The largest absolute Gasteiger partial charge is 0.481 e. The molecule has 2 N–H and O–H groups in total. The molecule has 0 spiro atoms. The molecule has 182 valence electrons. The molecule has 0 saturated carbocycles. The quantitative estimate of drug-likeness (QED) is 0.320. The van der Waals surface area contributed by atoms with Crippen LogP contribution in [0, 0.1) is 6.92 Å². The molecule has 1 heterocycles. The highest BCUT2D eigenvalue weighted by atomic mass is 35.5. The van der Waals surface area contributed by atoms with E-state index in [-0.39, 0.29) is 12.0 Å². The summed E-state index contributed by atoms with van der Waals surface area (Å²) in [6.45, 7) is 7.09. The van der Waals surface area contributed by atoms with Gasteiger partial charge in [-0.15, -0.1) is 0 Å². The molecular weight excluding hydrogens is 485 g/mol. The van der Waals surface area contributed by atoms with Crippen molar-refractivity contribution in [3.8, 4) is 16.8 Å². The number of carboxylic acid groups (broad SMARTS) is 1. The van der Waals surface area contributed by atoms with Crippen LogP contribution < -0.4 is 5.56 Å². The second-order valence-electron chi connectivity index (χ2n) is 9.21. The summed E-state index contributed by atoms with van der Waals surface area (Å²) in [7, 11) is 0. The molecule has 0 fully saturated rings. The van der Waals surface area contributed by atoms with E-state index >= 15 is 0 Å². The van der Waals surface area contributed by atoms with Gasteiger partial charge < -0.3 is 10.2 Å². The van der Waals surface area contributed by atoms with Gasteiger partial charge in [0.25, 0.3) is 5.56 Å². The van der Waals surface area contributed by atoms with E-state index in [0.29, 0.717) is 26.8 Å². The third-order valence-electron chi connectivity index (χ3n) is 5.08. The van der Waals surface area contributed by atoms with E-state index < -0.39 is 11.6 Å². The molecule has 5 nitrogen and oxygen atoms in total. The number of nitrogens with zero attached hydrogens (tertiary/aromatic N) is 1. The standard InChI is InChI=1S/C24H17Cl2NO3.C4H10O/c1-14-12-21-19(10-11-22(28)27(21)18-8-6-17(26)7-9-18)24(20(14)13-23(29)30)15-2-4-16(25)5-3-15;1-4(2,3)5/h2-12H,13H2,1H3,(H,29,30);5H,1-3H3. The predicted octanol–water partition coefficient (Wildman–Crippen LogP) is 6.68. The van der Waals surface area contributed by atoms with Gasteiger partial charge >= 0.3 is 5.97 Å². The highest BCUT2D eigenvalue weighted by molar-refractivity contribution is 6.31. The molecule has 0 saturated heterocycles. The number of pyridine rings is 1. The summed E-state index contributed by atoms with van der Waals surface area (Å²) >= 11 is 12.1. The fraction of sp³-hybridized carbons (Fsp3) is 0.214. The Morgan fingerprint density at radius 2 is 1.43 bits per heavy atom. The number of halogens is 2. The van der Waals surface area contributed by atoms with Crippen molar-refractivity contribution >= 4 is 40.1 Å². The first kappa shape index (κ1) is 26.5. The van der Waals surface area contributed by atoms with Crippen LogP contribution in [0.5, 0.6) is 0 Å². The fourth-order valence-corrected chi connectivity index (χ4v) is 3.99. The maximum Gasteiger partial charge on any atom is 0.307 e. The minimum Gasteiger partial charge on any atom is -0.481 e. The molecule has 0 unspecified atom stereocenters. The average molecular weight is 512 g/mol. The Bertz CT molecular complexity index is 1410. The Morgan fingerprint density at radius 3 is 1.94 bits per heavy atom. The van der Waals surface area contributed by atoms with Gasteiger partial charge in [-0.3, -0.25) is 14.2 Å². The van der Waals surface area contributed by atoms with Crippen molar-refractivity contribution in [3.63, 3.8) is 0 Å². The van der Waals surface area contributed by atoms with Crippen LogP contribution in [0.1, 0.15) is 31.9 Å². The summed E-state index contributed by atoms with van der Waals surface area (Å²) in [5.74, 6) is -0.918. The van der Waals surface area contributed by atoms with E-state index in [4.69, 9.17) is 28.3 Å². The van der Waals surface area contributed by atoms with Gasteiger partial charge in [-0.2, -0.15) is 0 Å². The number of carbonyl (C=O) groups is 1. The smallest absolute Gasteiger partial charge is 0.307 e. The van der Waals surface area contributed by atoms with E-state index in [2.05, 4.69) is 0 Å². The first-order chi connectivity index (χ1) is 16.3. The van der Waals surface area contributed by atoms with Crippen molar-refractivity contribution in [1.82, 2.24) is 4.57 Å². The predicted molar refractivity (Wildman–Crippen MR) is 143 cm³/mol. The van der Waals surface area contributed by atoms with Crippen molar-refractivity contribution < 1.29 is 15.0 Å². The Hall–Kier alpha value is -3.12. The van der Waals surface area contributed by atoms with Crippen molar-refractivity contribution in [2.24, 2.45) is 0 Å². The van der Waals surface area contributed by atoms with Gasteiger partial charge in [0.05, 0.1) is 17.5 Å². The number of fused-ring (bicyclic) bond motifs is 1. The lowest BCUT2D eigenvalue weighted by molar-refractivity contribution is -0.136. The first-order valence-electron chi connectivity index (χ1n) is 11.0. The summed E-state index contributed by atoms with van der Waals surface area (Å²) < 4.78 is 1.61. The molecule has 0 bridgehead atoms. The van der Waals surface area contributed by atoms with Gasteiger partial charge in [0.2, 0.25) is 0 Å². The minimum absolute atomic E-state index is 0.125. The molecule has 0 aliphatic heterocycles. The Labute approximate surface area is 214 Å². The van der Waals surface area contributed by atoms with Crippen LogP contribution in [0.2, 0.25) is 10.0 Å². The molecule has 0 aliphatic rings. The third kappa shape index (κ3) is 6.73. The Balaban J connectivity index is 0.000000623. The normalized spacial score (nSPS) is 11.2. The van der Waals surface area contributed by atoms with E-state index in [0.717, 1.165) is 22.1 Å². The SMILES string of the molecule is CC(C)(C)O.Cc1cc2c(ccc(=O)n2-c2ccc(Cl)cc2)c(-c2ccc(Cl)cc2)c1CC(=O)O. The average Bonchev–Trinajstić information content (AvgIpc) is 2.75. The molecular formula is C28H27Cl2NO4. The van der Waals surface area contributed by atoms with Gasteiger partial charge in [0.1, 0.15) is 0 Å². The summed E-state index contributed by atoms with van der Waals surface area (Å²) in [6.07, 6.45) is -0.125.